The number of nitrogens with zero attached hydrogens (tertiary/aromatic N) is 5. The van der Waals surface area contributed by atoms with Gasteiger partial charge in [-0.3, -0.25) is 4.57 Å². The zero-order chi connectivity index (χ0) is 30.6. The molecule has 0 N–H and O–H groups in total. The van der Waals surface area contributed by atoms with Gasteiger partial charge in [-0.25, -0.2) is 4.98 Å². The molecule has 9 aromatic rings. The second-order valence-electron chi connectivity index (χ2n) is 11.4. The third kappa shape index (κ3) is 3.99. The molecule has 3 aromatic heterocycles. The molecule has 0 saturated heterocycles. The van der Waals surface area contributed by atoms with Gasteiger partial charge in [0.2, 0.25) is 5.95 Å². The molecule has 9 rings (SSSR count). The fourth-order valence-electron chi connectivity index (χ4n) is 6.65. The van der Waals surface area contributed by atoms with E-state index in [0.29, 0.717) is 17.6 Å². The van der Waals surface area contributed by atoms with Crippen LogP contribution < -0.4 is 0 Å². The minimum absolute atomic E-state index is 0.582. The van der Waals surface area contributed by atoms with E-state index in [1.165, 1.54) is 5.39 Å². The molecule has 0 fully saturated rings. The topological polar surface area (TPSA) is 48.5 Å². The van der Waals surface area contributed by atoms with E-state index < -0.39 is 0 Å². The van der Waals surface area contributed by atoms with E-state index in [2.05, 4.69) is 101 Å². The van der Waals surface area contributed by atoms with Gasteiger partial charge in [0.05, 0.1) is 22.1 Å². The number of hydrogen-bond donors (Lipinski definition) is 0. The van der Waals surface area contributed by atoms with Gasteiger partial charge in [0.1, 0.15) is 0 Å². The molecule has 0 atom stereocenters. The van der Waals surface area contributed by atoms with Crippen LogP contribution in [0.5, 0.6) is 0 Å². The summed E-state index contributed by atoms with van der Waals surface area (Å²) in [5.74, 6) is 1.85. The molecule has 0 amide bonds. The molecule has 0 bridgehead atoms. The van der Waals surface area contributed by atoms with Gasteiger partial charge in [-0.05, 0) is 35.9 Å². The highest BCUT2D eigenvalue weighted by atomic mass is 15.2. The van der Waals surface area contributed by atoms with Crippen LogP contribution in [-0.2, 0) is 0 Å². The Morgan fingerprint density at radius 1 is 0.457 bits per heavy atom. The summed E-state index contributed by atoms with van der Waals surface area (Å²) in [7, 11) is 0. The highest BCUT2D eigenvalue weighted by molar-refractivity contribution is 6.26. The van der Waals surface area contributed by atoms with E-state index in [4.69, 9.17) is 15.0 Å². The van der Waals surface area contributed by atoms with Gasteiger partial charge in [-0.15, -0.1) is 0 Å². The predicted molar refractivity (Wildman–Crippen MR) is 189 cm³/mol. The van der Waals surface area contributed by atoms with Gasteiger partial charge in [0.25, 0.3) is 0 Å². The Labute approximate surface area is 265 Å². The molecule has 0 radical (unpaired) electrons. The molecule has 0 unspecified atom stereocenters. The van der Waals surface area contributed by atoms with Gasteiger partial charge < -0.3 is 4.57 Å². The van der Waals surface area contributed by atoms with Crippen molar-refractivity contribution in [3.05, 3.63) is 158 Å². The molecule has 0 saturated carbocycles. The van der Waals surface area contributed by atoms with E-state index >= 15 is 0 Å². The molecule has 5 heteroatoms. The first-order chi connectivity index (χ1) is 22.8. The van der Waals surface area contributed by atoms with Crippen molar-refractivity contribution in [2.75, 3.05) is 0 Å². The Hall–Kier alpha value is -6.33. The first-order valence-corrected chi connectivity index (χ1v) is 15.3. The van der Waals surface area contributed by atoms with Crippen molar-refractivity contribution in [1.29, 1.82) is 0 Å². The van der Waals surface area contributed by atoms with Crippen molar-refractivity contribution in [1.82, 2.24) is 24.1 Å². The number of fused-ring (bicyclic) bond motifs is 7. The van der Waals surface area contributed by atoms with Crippen LogP contribution in [0.1, 0.15) is 5.56 Å². The van der Waals surface area contributed by atoms with Gasteiger partial charge >= 0.3 is 0 Å². The summed E-state index contributed by atoms with van der Waals surface area (Å²) in [6.45, 7) is 3.94. The number of aromatic nitrogens is 5. The van der Waals surface area contributed by atoms with Crippen LogP contribution in [-0.4, -0.2) is 24.1 Å². The number of para-hydroxylation sites is 2. The molecule has 3 heterocycles. The van der Waals surface area contributed by atoms with Gasteiger partial charge in [0.15, 0.2) is 11.6 Å². The maximum atomic E-state index is 5.17. The molecule has 216 valence electrons. The minimum atomic E-state index is 0.582. The molecule has 0 aliphatic rings. The van der Waals surface area contributed by atoms with Crippen molar-refractivity contribution >= 4 is 49.7 Å². The van der Waals surface area contributed by atoms with Crippen LogP contribution in [0.15, 0.2) is 152 Å². The van der Waals surface area contributed by atoms with Crippen LogP contribution in [0.25, 0.3) is 84.1 Å². The van der Waals surface area contributed by atoms with Crippen molar-refractivity contribution in [2.45, 2.75) is 0 Å². The Morgan fingerprint density at radius 3 is 1.65 bits per heavy atom. The molecule has 0 aliphatic heterocycles. The van der Waals surface area contributed by atoms with Crippen molar-refractivity contribution < 1.29 is 0 Å². The highest BCUT2D eigenvalue weighted by Gasteiger charge is 2.23. The smallest absolute Gasteiger partial charge is 0.238 e. The maximum Gasteiger partial charge on any atom is 0.238 e. The largest absolute Gasteiger partial charge is 0.309 e. The van der Waals surface area contributed by atoms with Crippen LogP contribution in [0.4, 0.5) is 0 Å². The lowest BCUT2D eigenvalue weighted by Gasteiger charge is -2.12. The average Bonchev–Trinajstić information content (AvgIpc) is 3.65. The average molecular weight is 590 g/mol. The summed E-state index contributed by atoms with van der Waals surface area (Å²) in [4.78, 5) is 15.3. The number of benzene rings is 6. The van der Waals surface area contributed by atoms with Crippen LogP contribution in [0, 0.1) is 0 Å². The number of rotatable bonds is 5. The summed E-state index contributed by atoms with van der Waals surface area (Å²) < 4.78 is 4.57. The molecule has 5 nitrogen and oxygen atoms in total. The first kappa shape index (κ1) is 26.1. The normalized spacial score (nSPS) is 11.6. The summed E-state index contributed by atoms with van der Waals surface area (Å²) in [6.07, 6.45) is 1.87. The van der Waals surface area contributed by atoms with Crippen molar-refractivity contribution in [3.8, 4) is 34.4 Å². The lowest BCUT2D eigenvalue weighted by Crippen LogP contribution is -2.06. The molecule has 0 aliphatic carbocycles. The monoisotopic (exact) mass is 589 g/mol. The Balaban J connectivity index is 1.43. The second-order valence-corrected chi connectivity index (χ2v) is 11.4. The van der Waals surface area contributed by atoms with Gasteiger partial charge in [0, 0.05) is 38.4 Å². The molecular weight excluding hydrogens is 562 g/mol. The quantitative estimate of drug-likeness (QED) is 0.201. The number of hydrogen-bond acceptors (Lipinski definition) is 3. The zero-order valence-corrected chi connectivity index (χ0v) is 24.9. The maximum absolute atomic E-state index is 5.17. The fourth-order valence-corrected chi connectivity index (χ4v) is 6.65. The molecule has 0 spiro atoms. The first-order valence-electron chi connectivity index (χ1n) is 15.3. The van der Waals surface area contributed by atoms with E-state index in [1.807, 2.05) is 66.7 Å². The predicted octanol–water partition coefficient (Wildman–Crippen LogP) is 10.0. The SMILES string of the molecule is C=Cc1ccc(-n2c3ccccc3c3c2ccc2c4ccccc4n(-c4nc(-c5ccccc5)nc(-c5ccccc5)n4)c23)cc1. The molecule has 46 heavy (non-hydrogen) atoms. The Bertz CT molecular complexity index is 2520. The third-order valence-corrected chi connectivity index (χ3v) is 8.74. The van der Waals surface area contributed by atoms with Gasteiger partial charge in [-0.1, -0.05) is 128 Å². The van der Waals surface area contributed by atoms with E-state index in [0.717, 1.165) is 60.6 Å². The summed E-state index contributed by atoms with van der Waals surface area (Å²) >= 11 is 0. The second kappa shape index (κ2) is 10.4. The van der Waals surface area contributed by atoms with E-state index in [1.54, 1.807) is 0 Å². The summed E-state index contributed by atoms with van der Waals surface area (Å²) in [6, 6.07) is 50.4. The Kier molecular flexibility index (Phi) is 5.90. The van der Waals surface area contributed by atoms with Crippen molar-refractivity contribution in [2.24, 2.45) is 0 Å². The zero-order valence-electron chi connectivity index (χ0n) is 24.9. The lowest BCUT2D eigenvalue weighted by atomic mass is 10.1. The van der Waals surface area contributed by atoms with Crippen LogP contribution >= 0.6 is 0 Å². The van der Waals surface area contributed by atoms with Crippen LogP contribution in [0.2, 0.25) is 0 Å². The lowest BCUT2D eigenvalue weighted by molar-refractivity contribution is 0.955. The summed E-state index contributed by atoms with van der Waals surface area (Å²) in [5.41, 5.74) is 8.43. The molecular formula is C41H27N5. The van der Waals surface area contributed by atoms with Gasteiger partial charge in [-0.2, -0.15) is 9.97 Å². The molecule has 6 aromatic carbocycles. The fraction of sp³-hybridized carbons (Fsp3) is 0. The van der Waals surface area contributed by atoms with Crippen LogP contribution in [0.3, 0.4) is 0 Å². The third-order valence-electron chi connectivity index (χ3n) is 8.74. The highest BCUT2D eigenvalue weighted by Crippen LogP contribution is 2.41. The van der Waals surface area contributed by atoms with E-state index in [9.17, 15) is 0 Å². The standard InChI is InChI=1S/C41H27N5/c1-2-27-21-23-30(24-22-27)45-35-20-12-10-18-33(35)37-36(45)26-25-32-31-17-9-11-19-34(31)46(38(32)37)41-43-39(28-13-5-3-6-14-28)42-40(44-41)29-15-7-4-8-16-29/h2-26H,1H2. The van der Waals surface area contributed by atoms with E-state index in [-0.39, 0.29) is 0 Å². The summed E-state index contributed by atoms with van der Waals surface area (Å²) in [5, 5.41) is 4.62. The minimum Gasteiger partial charge on any atom is -0.309 e. The Morgan fingerprint density at radius 2 is 1.02 bits per heavy atom. The van der Waals surface area contributed by atoms with Crippen molar-refractivity contribution in [3.63, 3.8) is 0 Å².